The number of benzene rings is 2. The van der Waals surface area contributed by atoms with Crippen LogP contribution in [-0.4, -0.2) is 33.9 Å². The predicted molar refractivity (Wildman–Crippen MR) is 117 cm³/mol. The number of aryl methyl sites for hydroxylation is 1. The van der Waals surface area contributed by atoms with Crippen molar-refractivity contribution in [2.75, 3.05) is 17.7 Å². The summed E-state index contributed by atoms with van der Waals surface area (Å²) in [6, 6.07) is 12.1. The molecule has 3 N–H and O–H groups in total. The van der Waals surface area contributed by atoms with Gasteiger partial charge in [-0.1, -0.05) is 41.4 Å². The molecule has 1 unspecified atom stereocenters. The van der Waals surface area contributed by atoms with Crippen LogP contribution in [0.1, 0.15) is 27.5 Å². The Kier molecular flexibility index (Phi) is 5.39. The minimum atomic E-state index is -1.13. The number of hydrogen-bond acceptors (Lipinski definition) is 5. The molecule has 1 atom stereocenters. The number of anilines is 2. The number of carboxylic acids is 1. The van der Waals surface area contributed by atoms with Gasteiger partial charge >= 0.3 is 5.97 Å². The van der Waals surface area contributed by atoms with E-state index < -0.39 is 17.9 Å². The van der Waals surface area contributed by atoms with Gasteiger partial charge in [-0.05, 0) is 36.8 Å². The van der Waals surface area contributed by atoms with Gasteiger partial charge in [-0.15, -0.1) is 0 Å². The summed E-state index contributed by atoms with van der Waals surface area (Å²) in [5.74, 6) is -0.800. The van der Waals surface area contributed by atoms with Gasteiger partial charge < -0.3 is 20.5 Å². The second-order valence-corrected chi connectivity index (χ2v) is 7.43. The van der Waals surface area contributed by atoms with Gasteiger partial charge in [0.05, 0.1) is 24.4 Å². The Labute approximate surface area is 183 Å². The van der Waals surface area contributed by atoms with E-state index in [2.05, 4.69) is 15.7 Å². The van der Waals surface area contributed by atoms with E-state index in [0.29, 0.717) is 22.3 Å². The number of aliphatic carboxylic acids is 1. The highest BCUT2D eigenvalue weighted by Gasteiger charge is 2.29. The molecule has 1 aromatic heterocycles. The first-order chi connectivity index (χ1) is 14.9. The van der Waals surface area contributed by atoms with Crippen molar-refractivity contribution in [3.63, 3.8) is 0 Å². The van der Waals surface area contributed by atoms with Gasteiger partial charge in [0.25, 0.3) is 5.91 Å². The average Bonchev–Trinajstić information content (AvgIpc) is 3.18. The van der Waals surface area contributed by atoms with Gasteiger partial charge in [0, 0.05) is 5.69 Å². The van der Waals surface area contributed by atoms with Crippen LogP contribution >= 0.6 is 11.6 Å². The van der Waals surface area contributed by atoms with Crippen LogP contribution in [0.15, 0.2) is 60.4 Å². The maximum atomic E-state index is 12.9. The van der Waals surface area contributed by atoms with Gasteiger partial charge in [0.1, 0.15) is 22.8 Å². The lowest BCUT2D eigenvalue weighted by molar-refractivity contribution is -0.132. The van der Waals surface area contributed by atoms with Crippen LogP contribution in [0, 0.1) is 6.92 Å². The number of amides is 1. The van der Waals surface area contributed by atoms with E-state index in [1.165, 1.54) is 13.3 Å². The van der Waals surface area contributed by atoms with Crippen LogP contribution in [0.4, 0.5) is 11.5 Å². The molecule has 0 saturated heterocycles. The molecular formula is C22H19ClN4O4. The average molecular weight is 439 g/mol. The van der Waals surface area contributed by atoms with Crippen molar-refractivity contribution in [1.29, 1.82) is 0 Å². The zero-order chi connectivity index (χ0) is 22.1. The number of rotatable bonds is 5. The van der Waals surface area contributed by atoms with Crippen molar-refractivity contribution < 1.29 is 19.4 Å². The number of halogens is 1. The summed E-state index contributed by atoms with van der Waals surface area (Å²) in [6.07, 6.45) is 2.97. The van der Waals surface area contributed by atoms with Crippen molar-refractivity contribution in [2.45, 2.75) is 13.0 Å². The zero-order valence-corrected chi connectivity index (χ0v) is 17.5. The summed E-state index contributed by atoms with van der Waals surface area (Å²) in [4.78, 5) is 24.6. The lowest BCUT2D eigenvalue weighted by atomic mass is 10.0. The summed E-state index contributed by atoms with van der Waals surface area (Å²) < 4.78 is 6.71. The SMILES string of the molecule is COc1ccc(NC(=O)c2cnn3c2NC(C(=O)O)=CC3c2ccc(C)cc2)cc1Cl. The monoisotopic (exact) mass is 438 g/mol. The number of carboxylic acid groups (broad SMARTS) is 1. The molecule has 1 aliphatic rings. The van der Waals surface area contributed by atoms with E-state index in [1.54, 1.807) is 29.0 Å². The maximum absolute atomic E-state index is 12.9. The quantitative estimate of drug-likeness (QED) is 0.554. The third-order valence-corrected chi connectivity index (χ3v) is 5.24. The summed E-state index contributed by atoms with van der Waals surface area (Å²) in [7, 11) is 1.50. The molecule has 0 spiro atoms. The van der Waals surface area contributed by atoms with E-state index in [9.17, 15) is 14.7 Å². The summed E-state index contributed by atoms with van der Waals surface area (Å²) in [5, 5.41) is 19.8. The first-order valence-electron chi connectivity index (χ1n) is 9.38. The lowest BCUT2D eigenvalue weighted by Crippen LogP contribution is -2.25. The number of aromatic nitrogens is 2. The van der Waals surface area contributed by atoms with Crippen LogP contribution < -0.4 is 15.4 Å². The smallest absolute Gasteiger partial charge is 0.352 e. The zero-order valence-electron chi connectivity index (χ0n) is 16.7. The highest BCUT2D eigenvalue weighted by Crippen LogP contribution is 2.33. The van der Waals surface area contributed by atoms with Gasteiger partial charge in [-0.2, -0.15) is 5.10 Å². The molecule has 158 valence electrons. The first kappa shape index (κ1) is 20.5. The molecular weight excluding hydrogens is 420 g/mol. The van der Waals surface area contributed by atoms with Gasteiger partial charge in [0.15, 0.2) is 0 Å². The molecule has 8 nitrogen and oxygen atoms in total. The third-order valence-electron chi connectivity index (χ3n) is 4.94. The molecule has 1 aliphatic heterocycles. The maximum Gasteiger partial charge on any atom is 0.352 e. The van der Waals surface area contributed by atoms with Crippen molar-refractivity contribution in [2.24, 2.45) is 0 Å². The minimum Gasteiger partial charge on any atom is -0.495 e. The molecule has 1 amide bonds. The molecule has 0 fully saturated rings. The van der Waals surface area contributed by atoms with Gasteiger partial charge in [0.2, 0.25) is 0 Å². The van der Waals surface area contributed by atoms with Crippen molar-refractivity contribution in [1.82, 2.24) is 9.78 Å². The largest absolute Gasteiger partial charge is 0.495 e. The van der Waals surface area contributed by atoms with E-state index in [-0.39, 0.29) is 11.3 Å². The summed E-state index contributed by atoms with van der Waals surface area (Å²) in [6.45, 7) is 1.97. The predicted octanol–water partition coefficient (Wildman–Crippen LogP) is 4.09. The topological polar surface area (TPSA) is 105 Å². The van der Waals surface area contributed by atoms with E-state index in [0.717, 1.165) is 11.1 Å². The van der Waals surface area contributed by atoms with E-state index in [1.807, 2.05) is 31.2 Å². The number of allylic oxidation sites excluding steroid dienone is 1. The van der Waals surface area contributed by atoms with E-state index in [4.69, 9.17) is 16.3 Å². The Hall–Kier alpha value is -3.78. The highest BCUT2D eigenvalue weighted by molar-refractivity contribution is 6.32. The molecule has 2 heterocycles. The molecule has 0 bridgehead atoms. The van der Waals surface area contributed by atoms with Crippen molar-refractivity contribution >= 4 is 35.0 Å². The second kappa shape index (κ2) is 8.16. The first-order valence-corrected chi connectivity index (χ1v) is 9.76. The molecule has 9 heteroatoms. The Balaban J connectivity index is 1.68. The van der Waals surface area contributed by atoms with Crippen molar-refractivity contribution in [3.8, 4) is 5.75 Å². The molecule has 4 rings (SSSR count). The third kappa shape index (κ3) is 3.97. The minimum absolute atomic E-state index is 0.0277. The standard InChI is InChI=1S/C22H19ClN4O4/c1-12-3-5-13(6-4-12)18-10-17(22(29)30)26-20-15(11-24-27(18)20)21(28)25-14-7-8-19(31-2)16(23)9-14/h3-11,18,26H,1-2H3,(H,25,28)(H,29,30). The normalized spacial score (nSPS) is 14.8. The number of ether oxygens (including phenoxy) is 1. The molecule has 2 aromatic carbocycles. The molecule has 0 radical (unpaired) electrons. The second-order valence-electron chi connectivity index (χ2n) is 7.02. The Morgan fingerprint density at radius 3 is 2.61 bits per heavy atom. The molecule has 0 saturated carbocycles. The highest BCUT2D eigenvalue weighted by atomic mass is 35.5. The number of methoxy groups -OCH3 is 1. The summed E-state index contributed by atoms with van der Waals surface area (Å²) >= 11 is 6.13. The van der Waals surface area contributed by atoms with E-state index >= 15 is 0 Å². The fourth-order valence-electron chi connectivity index (χ4n) is 3.33. The van der Waals surface area contributed by atoms with Crippen molar-refractivity contribution in [3.05, 3.63) is 82.1 Å². The van der Waals surface area contributed by atoms with Crippen LogP contribution in [0.25, 0.3) is 0 Å². The van der Waals surface area contributed by atoms with Gasteiger partial charge in [-0.3, -0.25) is 4.79 Å². The Bertz CT molecular complexity index is 1200. The lowest BCUT2D eigenvalue weighted by Gasteiger charge is -2.24. The van der Waals surface area contributed by atoms with Gasteiger partial charge in [-0.25, -0.2) is 9.48 Å². The fourth-order valence-corrected chi connectivity index (χ4v) is 3.59. The molecule has 0 aliphatic carbocycles. The number of hydrogen-bond donors (Lipinski definition) is 3. The molecule has 31 heavy (non-hydrogen) atoms. The number of nitrogens with zero attached hydrogens (tertiary/aromatic N) is 2. The Morgan fingerprint density at radius 1 is 1.23 bits per heavy atom. The van der Waals surface area contributed by atoms with Crippen LogP contribution in [0.3, 0.4) is 0 Å². The number of fused-ring (bicyclic) bond motifs is 1. The molecule has 3 aromatic rings. The number of carbonyl (C=O) groups excluding carboxylic acids is 1. The summed E-state index contributed by atoms with van der Waals surface area (Å²) in [5.41, 5.74) is 2.58. The number of nitrogens with one attached hydrogen (secondary N) is 2. The van der Waals surface area contributed by atoms with Crippen LogP contribution in [0.5, 0.6) is 5.75 Å². The fraction of sp³-hybridized carbons (Fsp3) is 0.136. The van der Waals surface area contributed by atoms with Crippen LogP contribution in [0.2, 0.25) is 5.02 Å². The van der Waals surface area contributed by atoms with Crippen LogP contribution in [-0.2, 0) is 4.79 Å². The number of carbonyl (C=O) groups is 2. The Morgan fingerprint density at radius 2 is 1.97 bits per heavy atom.